The van der Waals surface area contributed by atoms with Gasteiger partial charge in [-0.1, -0.05) is 68.8 Å². The predicted octanol–water partition coefficient (Wildman–Crippen LogP) is 7.12. The van der Waals surface area contributed by atoms with E-state index >= 15 is 0 Å². The summed E-state index contributed by atoms with van der Waals surface area (Å²) in [7, 11) is 0. The van der Waals surface area contributed by atoms with Gasteiger partial charge < -0.3 is 30.7 Å². The van der Waals surface area contributed by atoms with Crippen molar-refractivity contribution in [1.82, 2.24) is 40.6 Å². The van der Waals surface area contributed by atoms with Gasteiger partial charge in [0.1, 0.15) is 34.6 Å². The highest BCUT2D eigenvalue weighted by Gasteiger charge is 2.46. The Morgan fingerprint density at radius 2 is 1.61 bits per heavy atom. The third kappa shape index (κ3) is 10.9. The number of aliphatic hydroxyl groups excluding tert-OH is 1. The summed E-state index contributed by atoms with van der Waals surface area (Å²) in [5, 5.41) is 30.1. The number of carbonyl (C=O) groups excluding carboxylic acids is 4. The molecule has 0 unspecified atom stereocenters. The van der Waals surface area contributed by atoms with E-state index in [0.717, 1.165) is 54.0 Å². The van der Waals surface area contributed by atoms with Crippen LogP contribution in [0.25, 0.3) is 15.4 Å². The SMILES string of the molecule is Cc1ncsc1-c1ccc(CNC(=O)[C@@H]2C[C@@H](O)CN2C(=O)[C@@H](NC(=O)C(C)(C)OCC(C)(C)NC(=O)C[C@@H]2N=C(c3ccc(Cl)cc3)c3c(sc(C)c3C)-n3c(C)nnc32)C(C)(C)C)cc1. The fraction of sp³-hybridized carbons (Fsp3) is 0.469. The number of nitrogens with zero attached hydrogens (tertiary/aromatic N) is 6. The van der Waals surface area contributed by atoms with E-state index in [9.17, 15) is 24.3 Å². The van der Waals surface area contributed by atoms with Crippen molar-refractivity contribution < 1.29 is 29.0 Å². The number of amides is 4. The first-order valence-electron chi connectivity index (χ1n) is 22.3. The number of aliphatic hydroxyl groups is 1. The lowest BCUT2D eigenvalue weighted by Crippen LogP contribution is -2.61. The molecule has 2 aliphatic rings. The minimum atomic E-state index is -1.46. The van der Waals surface area contributed by atoms with Crippen LogP contribution in [-0.4, -0.2) is 102 Å². The lowest BCUT2D eigenvalue weighted by molar-refractivity contribution is -0.152. The van der Waals surface area contributed by atoms with E-state index in [1.807, 2.05) is 93.2 Å². The van der Waals surface area contributed by atoms with Crippen LogP contribution in [-0.2, 0) is 30.5 Å². The van der Waals surface area contributed by atoms with Gasteiger partial charge >= 0.3 is 0 Å². The summed E-state index contributed by atoms with van der Waals surface area (Å²) in [5.74, 6) is -0.526. The van der Waals surface area contributed by atoms with Gasteiger partial charge in [-0.05, 0) is 89.6 Å². The summed E-state index contributed by atoms with van der Waals surface area (Å²) in [4.78, 5) is 69.2. The topological polar surface area (TPSA) is 193 Å². The van der Waals surface area contributed by atoms with Crippen LogP contribution < -0.4 is 16.0 Å². The number of thiazole rings is 1. The molecule has 1 fully saturated rings. The first kappa shape index (κ1) is 49.6. The van der Waals surface area contributed by atoms with Gasteiger partial charge in [0.05, 0.1) is 46.5 Å². The van der Waals surface area contributed by atoms with Crippen molar-refractivity contribution in [3.8, 4) is 15.4 Å². The van der Waals surface area contributed by atoms with Gasteiger partial charge in [0, 0.05) is 40.5 Å². The van der Waals surface area contributed by atoms with E-state index in [2.05, 4.69) is 45.0 Å². The zero-order valence-electron chi connectivity index (χ0n) is 39.9. The van der Waals surface area contributed by atoms with Crippen LogP contribution in [0.1, 0.15) is 112 Å². The molecule has 0 saturated carbocycles. The predicted molar refractivity (Wildman–Crippen MR) is 262 cm³/mol. The molecule has 2 aliphatic heterocycles. The van der Waals surface area contributed by atoms with Crippen molar-refractivity contribution in [3.05, 3.63) is 104 Å². The zero-order chi connectivity index (χ0) is 48.7. The maximum Gasteiger partial charge on any atom is 0.252 e. The van der Waals surface area contributed by atoms with Crippen LogP contribution in [0.5, 0.6) is 0 Å². The molecule has 1 saturated heterocycles. The second-order valence-electron chi connectivity index (χ2n) is 19.7. The van der Waals surface area contributed by atoms with E-state index in [0.29, 0.717) is 16.7 Å². The van der Waals surface area contributed by atoms with Crippen molar-refractivity contribution in [3.63, 3.8) is 0 Å². The lowest BCUT2D eigenvalue weighted by atomic mass is 9.85. The van der Waals surface area contributed by atoms with E-state index < -0.39 is 58.5 Å². The second kappa shape index (κ2) is 19.3. The van der Waals surface area contributed by atoms with Crippen molar-refractivity contribution in [2.45, 2.75) is 131 Å². The van der Waals surface area contributed by atoms with Gasteiger partial charge in [-0.15, -0.1) is 32.9 Å². The number of hydrogen-bond acceptors (Lipinski definition) is 12. The molecule has 3 aromatic heterocycles. The molecule has 4 N–H and O–H groups in total. The van der Waals surface area contributed by atoms with Gasteiger partial charge in [-0.25, -0.2) is 4.98 Å². The number of β-amino-alcohol motifs (C(OH)–C–C–N with tert-alkyl or cyclic N) is 1. The molecule has 0 aliphatic carbocycles. The molecule has 67 heavy (non-hydrogen) atoms. The lowest BCUT2D eigenvalue weighted by Gasteiger charge is -2.38. The van der Waals surface area contributed by atoms with Crippen molar-refractivity contribution >= 4 is 63.6 Å². The van der Waals surface area contributed by atoms with Gasteiger partial charge in [0.25, 0.3) is 5.91 Å². The van der Waals surface area contributed by atoms with Gasteiger partial charge in [-0.2, -0.15) is 0 Å². The largest absolute Gasteiger partial charge is 0.391 e. The molecule has 4 atom stereocenters. The Hall–Kier alpha value is -5.33. The number of aryl methyl sites for hydroxylation is 3. The molecule has 0 bridgehead atoms. The molecule has 4 amide bonds. The fourth-order valence-corrected chi connectivity index (χ4v) is 10.4. The molecule has 0 spiro atoms. The van der Waals surface area contributed by atoms with Gasteiger partial charge in [0.2, 0.25) is 17.7 Å². The highest BCUT2D eigenvalue weighted by atomic mass is 35.5. The van der Waals surface area contributed by atoms with E-state index in [-0.39, 0.29) is 38.4 Å². The van der Waals surface area contributed by atoms with Gasteiger partial charge in [-0.3, -0.25) is 28.7 Å². The van der Waals surface area contributed by atoms with E-state index in [4.69, 9.17) is 21.3 Å². The highest BCUT2D eigenvalue weighted by Crippen LogP contribution is 2.40. The Kier molecular flexibility index (Phi) is 14.3. The molecule has 0 radical (unpaired) electrons. The maximum absolute atomic E-state index is 14.4. The number of halogens is 1. The molecule has 18 heteroatoms. The fourth-order valence-electron chi connectivity index (χ4n) is 8.28. The summed E-state index contributed by atoms with van der Waals surface area (Å²) in [6, 6.07) is 12.6. The monoisotopic (exact) mass is 969 g/mol. The summed E-state index contributed by atoms with van der Waals surface area (Å²) in [6.07, 6.45) is -0.901. The number of aromatic nitrogens is 4. The molecule has 15 nitrogen and oxygen atoms in total. The number of carbonyl (C=O) groups is 4. The Morgan fingerprint density at radius 3 is 2.25 bits per heavy atom. The molecule has 356 valence electrons. The third-order valence-electron chi connectivity index (χ3n) is 12.2. The number of nitrogens with one attached hydrogen (secondary N) is 3. The zero-order valence-corrected chi connectivity index (χ0v) is 42.3. The number of ether oxygens (including phenoxy) is 1. The Bertz CT molecular complexity index is 2700. The number of fused-ring (bicyclic) bond motifs is 3. The van der Waals surface area contributed by atoms with Crippen LogP contribution in [0, 0.1) is 33.1 Å². The Morgan fingerprint density at radius 1 is 0.940 bits per heavy atom. The molecular formula is C49H60ClN9O6S2. The van der Waals surface area contributed by atoms with Crippen LogP contribution in [0.15, 0.2) is 59.0 Å². The molecule has 5 heterocycles. The average Bonchev–Trinajstić information content (AvgIpc) is 4.03. The number of hydrogen-bond donors (Lipinski definition) is 4. The highest BCUT2D eigenvalue weighted by molar-refractivity contribution is 7.15. The second-order valence-corrected chi connectivity index (χ2v) is 22.2. The van der Waals surface area contributed by atoms with E-state index in [1.54, 1.807) is 50.4 Å². The number of likely N-dealkylation sites (tertiary alicyclic amines) is 1. The van der Waals surface area contributed by atoms with Crippen LogP contribution >= 0.6 is 34.3 Å². The molecular weight excluding hydrogens is 910 g/mol. The number of aliphatic imine (C=N–C) groups is 1. The summed E-state index contributed by atoms with van der Waals surface area (Å²) < 4.78 is 8.24. The summed E-state index contributed by atoms with van der Waals surface area (Å²) in [6.45, 7) is 20.4. The van der Waals surface area contributed by atoms with Crippen LogP contribution in [0.4, 0.5) is 0 Å². The Labute approximate surface area is 404 Å². The van der Waals surface area contributed by atoms with Gasteiger partial charge in [0.15, 0.2) is 5.82 Å². The minimum Gasteiger partial charge on any atom is -0.391 e. The molecule has 5 aromatic rings. The molecule has 7 rings (SSSR count). The van der Waals surface area contributed by atoms with Crippen LogP contribution in [0.2, 0.25) is 5.02 Å². The molecule has 2 aromatic carbocycles. The van der Waals surface area contributed by atoms with Crippen molar-refractivity contribution in [2.24, 2.45) is 10.4 Å². The van der Waals surface area contributed by atoms with E-state index in [1.165, 1.54) is 4.90 Å². The third-order valence-corrected chi connectivity index (χ3v) is 14.7. The van der Waals surface area contributed by atoms with Crippen molar-refractivity contribution in [1.29, 1.82) is 0 Å². The van der Waals surface area contributed by atoms with Crippen molar-refractivity contribution in [2.75, 3.05) is 13.2 Å². The number of rotatable bonds is 14. The average molecular weight is 971 g/mol. The quantitative estimate of drug-likeness (QED) is 0.0897. The standard InChI is InChI=1S/C49H60ClN9O6S2/c1-26-28(3)67-45-38(26)39(31-16-18-33(50)19-17-31)53-35(42-57-56-29(4)59(42)45)21-37(61)55-48(8,9)24-65-49(10,11)46(64)54-41(47(5,6)7)44(63)58-23-34(60)20-36(58)43(62)51-22-30-12-14-32(15-13-30)40-27(2)52-25-66-40/h12-19,25,34-36,41,60H,20-24H2,1-11H3,(H,51,62)(H,54,64)(H,55,61)/t34-,35+,36+,41-/m1/s1. The first-order valence-corrected chi connectivity index (χ1v) is 24.4. The normalized spacial score (nSPS) is 17.8. The number of benzene rings is 2. The number of thiophene rings is 1. The minimum absolute atomic E-state index is 0.0456. The summed E-state index contributed by atoms with van der Waals surface area (Å²) >= 11 is 9.47. The smallest absolute Gasteiger partial charge is 0.252 e. The van der Waals surface area contributed by atoms with Crippen LogP contribution in [0.3, 0.4) is 0 Å². The maximum atomic E-state index is 14.4. The summed E-state index contributed by atoms with van der Waals surface area (Å²) in [5.41, 5.74) is 5.11. The first-order chi connectivity index (χ1) is 31.4. The Balaban J connectivity index is 0.992.